The molecule has 2 aromatic rings. The number of anilines is 1. The summed E-state index contributed by atoms with van der Waals surface area (Å²) in [5, 5.41) is 3.38. The maximum absolute atomic E-state index is 14.1. The number of H-pyrrole nitrogens is 1. The average Bonchev–Trinajstić information content (AvgIpc) is 3.08. The highest BCUT2D eigenvalue weighted by Gasteiger charge is 2.31. The van der Waals surface area contributed by atoms with Crippen molar-refractivity contribution in [2.45, 2.75) is 31.1 Å². The molecule has 1 amide bonds. The molecule has 32 heavy (non-hydrogen) atoms. The fourth-order valence-corrected chi connectivity index (χ4v) is 4.41. The summed E-state index contributed by atoms with van der Waals surface area (Å²) in [6.45, 7) is 0.296. The van der Waals surface area contributed by atoms with Crippen LogP contribution in [0.25, 0.3) is 10.6 Å². The van der Waals surface area contributed by atoms with Gasteiger partial charge in [0.25, 0.3) is 5.01 Å². The van der Waals surface area contributed by atoms with Crippen LogP contribution in [0.3, 0.4) is 0 Å². The summed E-state index contributed by atoms with van der Waals surface area (Å²) >= 11 is 1.08. The molecular weight excluding hydrogens is 435 g/mol. The lowest BCUT2D eigenvalue weighted by Gasteiger charge is -2.20. The number of thiazole rings is 1. The van der Waals surface area contributed by atoms with E-state index in [2.05, 4.69) is 15.3 Å². The van der Waals surface area contributed by atoms with Crippen LogP contribution in [-0.4, -0.2) is 50.6 Å². The van der Waals surface area contributed by atoms with Crippen molar-refractivity contribution in [3.8, 4) is 10.6 Å². The molecule has 1 aromatic carbocycles. The largest absolute Gasteiger partial charge is 0.403 e. The molecule has 3 rings (SSSR count). The Labute approximate surface area is 189 Å². The maximum atomic E-state index is 14.1. The monoisotopic (exact) mass is 463 g/mol. The zero-order valence-electron chi connectivity index (χ0n) is 17.9. The van der Waals surface area contributed by atoms with E-state index in [0.29, 0.717) is 41.4 Å². The summed E-state index contributed by atoms with van der Waals surface area (Å²) in [5.41, 5.74) is 19.2. The van der Waals surface area contributed by atoms with Crippen LogP contribution < -0.4 is 27.5 Å². The predicted octanol–water partition coefficient (Wildman–Crippen LogP) is 1.07. The van der Waals surface area contributed by atoms with Crippen LogP contribution in [-0.2, 0) is 9.47 Å². The summed E-state index contributed by atoms with van der Waals surface area (Å²) < 4.78 is 25.4. The van der Waals surface area contributed by atoms with E-state index < -0.39 is 17.8 Å². The van der Waals surface area contributed by atoms with Crippen molar-refractivity contribution in [2.75, 3.05) is 26.5 Å². The van der Waals surface area contributed by atoms with Crippen LogP contribution in [0.5, 0.6) is 0 Å². The van der Waals surface area contributed by atoms with Crippen molar-refractivity contribution >= 4 is 28.0 Å². The lowest BCUT2D eigenvalue weighted by Crippen LogP contribution is -2.38. The molecule has 1 saturated heterocycles. The number of aliphatic imine (C=N–C) groups is 1. The number of amides is 1. The van der Waals surface area contributed by atoms with Gasteiger partial charge in [0.05, 0.1) is 29.7 Å². The minimum absolute atomic E-state index is 0.103. The zero-order valence-corrected chi connectivity index (χ0v) is 18.7. The van der Waals surface area contributed by atoms with Gasteiger partial charge in [-0.1, -0.05) is 12.1 Å². The van der Waals surface area contributed by atoms with Gasteiger partial charge < -0.3 is 32.0 Å². The number of aromatic nitrogens is 1. The number of nitrogen functional groups attached to an aromatic ring is 1. The van der Waals surface area contributed by atoms with Crippen molar-refractivity contribution < 1.29 is 23.6 Å². The second-order valence-corrected chi connectivity index (χ2v) is 8.31. The molecule has 0 bridgehead atoms. The van der Waals surface area contributed by atoms with Crippen LogP contribution >= 0.6 is 11.3 Å². The van der Waals surface area contributed by atoms with Gasteiger partial charge in [-0.15, -0.1) is 0 Å². The smallest absolute Gasteiger partial charge is 0.323 e. The number of nitrogens with two attached hydrogens (primary N) is 3. The quantitative estimate of drug-likeness (QED) is 0.470. The third kappa shape index (κ3) is 5.13. The first-order chi connectivity index (χ1) is 15.4. The zero-order chi connectivity index (χ0) is 23.3. The molecule has 3 atom stereocenters. The molecule has 0 unspecified atom stereocenters. The lowest BCUT2D eigenvalue weighted by atomic mass is 10.0. The van der Waals surface area contributed by atoms with E-state index in [0.717, 1.165) is 11.3 Å². The number of carbonyl (C=O) groups is 1. The molecular formula is C21H28FN6O3S+. The molecule has 9 nitrogen and oxygen atoms in total. The Morgan fingerprint density at radius 2 is 2.16 bits per heavy atom. The minimum Gasteiger partial charge on any atom is -0.403 e. The SMILES string of the molecule is CN=C(C(=CN)NC(=O)c1[nH+]c(-c2ccccc2F)sc1N)[C@@H]1CC[C@@H](N)[C@@H](OC)CO1. The summed E-state index contributed by atoms with van der Waals surface area (Å²) in [6, 6.07) is 6.07. The van der Waals surface area contributed by atoms with Gasteiger partial charge in [-0.05, 0) is 36.3 Å². The normalized spacial score (nSPS) is 22.4. The molecule has 1 fully saturated rings. The highest BCUT2D eigenvalue weighted by atomic mass is 32.1. The first-order valence-electron chi connectivity index (χ1n) is 10.1. The van der Waals surface area contributed by atoms with Crippen LogP contribution in [0, 0.1) is 5.82 Å². The number of hydrogen-bond donors (Lipinski definition) is 4. The number of methoxy groups -OCH3 is 1. The highest BCUT2D eigenvalue weighted by Crippen LogP contribution is 2.28. The Hall–Kier alpha value is -2.86. The standard InChI is InChI=1S/C21H27FN6O3S/c1-26-17(15-8-7-13(24)16(30-2)10-31-15)14(9-23)27-20(29)18-19(25)32-21(28-18)11-5-3-4-6-12(11)22/h3-6,9,13,15-16H,7-8,10,23-25H2,1-2H3,(H,27,29)/p+1/t13-,15+,16+/m1/s1. The number of nitrogens with one attached hydrogen (secondary N) is 2. The highest BCUT2D eigenvalue weighted by molar-refractivity contribution is 7.18. The Kier molecular flexibility index (Phi) is 7.91. The Bertz CT molecular complexity index is 1020. The molecule has 0 saturated carbocycles. The Balaban J connectivity index is 1.78. The van der Waals surface area contributed by atoms with Crippen molar-refractivity contribution in [2.24, 2.45) is 16.5 Å². The van der Waals surface area contributed by atoms with Crippen molar-refractivity contribution in [1.29, 1.82) is 0 Å². The third-order valence-electron chi connectivity index (χ3n) is 5.28. The summed E-state index contributed by atoms with van der Waals surface area (Å²) in [7, 11) is 3.18. The Morgan fingerprint density at radius 1 is 1.41 bits per heavy atom. The minimum atomic E-state index is -0.528. The van der Waals surface area contributed by atoms with E-state index in [1.165, 1.54) is 12.3 Å². The van der Waals surface area contributed by atoms with Crippen LogP contribution in [0.15, 0.2) is 41.2 Å². The van der Waals surface area contributed by atoms with Gasteiger partial charge >= 0.3 is 11.6 Å². The summed E-state index contributed by atoms with van der Waals surface area (Å²) in [6.07, 6.45) is 1.85. The molecule has 0 aliphatic carbocycles. The average molecular weight is 464 g/mol. The maximum Gasteiger partial charge on any atom is 0.323 e. The molecule has 11 heteroatoms. The van der Waals surface area contributed by atoms with E-state index in [4.69, 9.17) is 26.7 Å². The predicted molar refractivity (Wildman–Crippen MR) is 122 cm³/mol. The van der Waals surface area contributed by atoms with Gasteiger partial charge in [0.1, 0.15) is 11.9 Å². The van der Waals surface area contributed by atoms with Crippen molar-refractivity contribution in [1.82, 2.24) is 5.32 Å². The van der Waals surface area contributed by atoms with Gasteiger partial charge in [-0.3, -0.25) is 9.79 Å². The molecule has 1 aliphatic heterocycles. The molecule has 1 aliphatic rings. The first-order valence-corrected chi connectivity index (χ1v) is 10.9. The number of nitrogens with zero attached hydrogens (tertiary/aromatic N) is 1. The first kappa shape index (κ1) is 23.8. The van der Waals surface area contributed by atoms with Gasteiger partial charge in [0.2, 0.25) is 0 Å². The van der Waals surface area contributed by atoms with E-state index >= 15 is 0 Å². The van der Waals surface area contributed by atoms with Gasteiger partial charge in [0, 0.05) is 26.4 Å². The van der Waals surface area contributed by atoms with E-state index in [-0.39, 0.29) is 22.8 Å². The van der Waals surface area contributed by atoms with Crippen molar-refractivity contribution in [3.05, 3.63) is 47.7 Å². The van der Waals surface area contributed by atoms with E-state index in [1.807, 2.05) is 0 Å². The topological polar surface area (TPSA) is 152 Å². The summed E-state index contributed by atoms with van der Waals surface area (Å²) in [5.74, 6) is -0.947. The number of halogens is 1. The number of aromatic amines is 1. The molecule has 172 valence electrons. The van der Waals surface area contributed by atoms with Gasteiger partial charge in [-0.25, -0.2) is 4.39 Å². The Morgan fingerprint density at radius 3 is 2.81 bits per heavy atom. The number of carbonyl (C=O) groups excluding carboxylic acids is 1. The molecule has 0 radical (unpaired) electrons. The second kappa shape index (κ2) is 10.6. The van der Waals surface area contributed by atoms with Crippen LogP contribution in [0.2, 0.25) is 0 Å². The molecule has 0 spiro atoms. The van der Waals surface area contributed by atoms with Gasteiger partial charge in [0.15, 0.2) is 5.00 Å². The molecule has 8 N–H and O–H groups in total. The van der Waals surface area contributed by atoms with Crippen LogP contribution in [0.1, 0.15) is 23.3 Å². The lowest BCUT2D eigenvalue weighted by molar-refractivity contribution is -0.361. The number of benzene rings is 1. The summed E-state index contributed by atoms with van der Waals surface area (Å²) in [4.78, 5) is 20.1. The van der Waals surface area contributed by atoms with Crippen molar-refractivity contribution in [3.63, 3.8) is 0 Å². The molecule has 2 heterocycles. The number of rotatable bonds is 6. The van der Waals surface area contributed by atoms with E-state index in [9.17, 15) is 9.18 Å². The van der Waals surface area contributed by atoms with Gasteiger partial charge in [-0.2, -0.15) is 4.98 Å². The van der Waals surface area contributed by atoms with Crippen LogP contribution in [0.4, 0.5) is 9.39 Å². The fourth-order valence-electron chi connectivity index (χ4n) is 3.52. The second-order valence-electron chi connectivity index (χ2n) is 7.26. The molecule has 1 aromatic heterocycles. The third-order valence-corrected chi connectivity index (χ3v) is 6.23. The fraction of sp³-hybridized carbons (Fsp3) is 0.381. The number of hydrogen-bond acceptors (Lipinski definition) is 8. The van der Waals surface area contributed by atoms with E-state index in [1.54, 1.807) is 32.4 Å². The number of ether oxygens (including phenoxy) is 2.